The van der Waals surface area contributed by atoms with Gasteiger partial charge in [-0.15, -0.1) is 0 Å². The fourth-order valence-corrected chi connectivity index (χ4v) is 5.59. The molecule has 3 aliphatic rings. The van der Waals surface area contributed by atoms with Crippen LogP contribution in [-0.2, 0) is 5.41 Å². The molecule has 2 unspecified atom stereocenters. The third kappa shape index (κ3) is 1.45. The molecule has 0 radical (unpaired) electrons. The number of fused-ring (bicyclic) bond motifs is 1. The lowest BCUT2D eigenvalue weighted by Gasteiger charge is -2.45. The fourth-order valence-electron chi connectivity index (χ4n) is 5.59. The van der Waals surface area contributed by atoms with Crippen LogP contribution in [0.3, 0.4) is 0 Å². The number of rotatable bonds is 2. The summed E-state index contributed by atoms with van der Waals surface area (Å²) in [5.41, 5.74) is 9.00. The minimum atomic E-state index is 0.132. The average molecular weight is 255 g/mol. The SMILES string of the molecule is NC1(C2(c3ccccc3)CCCCC2)C2CCCC21. The highest BCUT2D eigenvalue weighted by atomic mass is 15.0. The van der Waals surface area contributed by atoms with E-state index in [-0.39, 0.29) is 5.54 Å². The van der Waals surface area contributed by atoms with E-state index in [1.165, 1.54) is 56.9 Å². The second-order valence-corrected chi connectivity index (χ2v) is 7.09. The molecule has 0 spiro atoms. The third-order valence-corrected chi connectivity index (χ3v) is 6.50. The molecule has 2 atom stereocenters. The van der Waals surface area contributed by atoms with Gasteiger partial charge in [-0.25, -0.2) is 0 Å². The van der Waals surface area contributed by atoms with E-state index in [0.29, 0.717) is 5.41 Å². The monoisotopic (exact) mass is 255 g/mol. The predicted molar refractivity (Wildman–Crippen MR) is 79.0 cm³/mol. The van der Waals surface area contributed by atoms with Crippen molar-refractivity contribution >= 4 is 0 Å². The van der Waals surface area contributed by atoms with Crippen LogP contribution in [0.4, 0.5) is 0 Å². The van der Waals surface area contributed by atoms with Crippen molar-refractivity contribution < 1.29 is 0 Å². The van der Waals surface area contributed by atoms with Crippen molar-refractivity contribution in [1.29, 1.82) is 0 Å². The molecule has 1 aromatic rings. The lowest BCUT2D eigenvalue weighted by atomic mass is 9.61. The largest absolute Gasteiger partial charge is 0.324 e. The van der Waals surface area contributed by atoms with Crippen LogP contribution in [0.5, 0.6) is 0 Å². The van der Waals surface area contributed by atoms with E-state index in [4.69, 9.17) is 5.73 Å². The van der Waals surface area contributed by atoms with Crippen molar-refractivity contribution in [2.45, 2.75) is 62.3 Å². The molecule has 0 aliphatic heterocycles. The number of nitrogens with two attached hydrogens (primary N) is 1. The maximum Gasteiger partial charge on any atom is 0.0316 e. The van der Waals surface area contributed by atoms with Gasteiger partial charge in [0.15, 0.2) is 0 Å². The van der Waals surface area contributed by atoms with Crippen LogP contribution >= 0.6 is 0 Å². The van der Waals surface area contributed by atoms with Gasteiger partial charge in [-0.1, -0.05) is 56.0 Å². The van der Waals surface area contributed by atoms with Gasteiger partial charge >= 0.3 is 0 Å². The highest BCUT2D eigenvalue weighted by molar-refractivity contribution is 5.40. The fraction of sp³-hybridized carbons (Fsp3) is 0.667. The van der Waals surface area contributed by atoms with Crippen molar-refractivity contribution in [2.75, 3.05) is 0 Å². The van der Waals surface area contributed by atoms with E-state index in [9.17, 15) is 0 Å². The summed E-state index contributed by atoms with van der Waals surface area (Å²) in [6, 6.07) is 11.2. The van der Waals surface area contributed by atoms with Crippen molar-refractivity contribution in [3.8, 4) is 0 Å². The van der Waals surface area contributed by atoms with E-state index < -0.39 is 0 Å². The van der Waals surface area contributed by atoms with Gasteiger partial charge in [0, 0.05) is 11.0 Å². The summed E-state index contributed by atoms with van der Waals surface area (Å²) in [6.45, 7) is 0. The molecule has 3 saturated carbocycles. The molecule has 1 nitrogen and oxygen atoms in total. The van der Waals surface area contributed by atoms with E-state index in [1.807, 2.05) is 0 Å². The van der Waals surface area contributed by atoms with E-state index >= 15 is 0 Å². The first-order valence-corrected chi connectivity index (χ1v) is 8.13. The molecule has 0 saturated heterocycles. The van der Waals surface area contributed by atoms with Crippen LogP contribution in [0.25, 0.3) is 0 Å². The van der Waals surface area contributed by atoms with Gasteiger partial charge in [-0.05, 0) is 43.1 Å². The number of hydrogen-bond donors (Lipinski definition) is 1. The molecule has 1 heteroatoms. The molecule has 1 aromatic carbocycles. The Morgan fingerprint density at radius 3 is 2.11 bits per heavy atom. The average Bonchev–Trinajstić information content (AvgIpc) is 2.87. The molecule has 102 valence electrons. The van der Waals surface area contributed by atoms with Gasteiger partial charge in [0.2, 0.25) is 0 Å². The molecule has 0 heterocycles. The molecule has 0 amide bonds. The zero-order valence-corrected chi connectivity index (χ0v) is 11.8. The summed E-state index contributed by atoms with van der Waals surface area (Å²) in [5.74, 6) is 1.65. The molecule has 19 heavy (non-hydrogen) atoms. The van der Waals surface area contributed by atoms with Crippen molar-refractivity contribution in [2.24, 2.45) is 17.6 Å². The van der Waals surface area contributed by atoms with Gasteiger partial charge in [-0.3, -0.25) is 0 Å². The third-order valence-electron chi connectivity index (χ3n) is 6.50. The molecule has 2 N–H and O–H groups in total. The van der Waals surface area contributed by atoms with Gasteiger partial charge in [0.1, 0.15) is 0 Å². The first-order chi connectivity index (χ1) is 9.29. The molecule has 4 rings (SSSR count). The van der Waals surface area contributed by atoms with Crippen molar-refractivity contribution in [1.82, 2.24) is 0 Å². The van der Waals surface area contributed by atoms with Gasteiger partial charge < -0.3 is 5.73 Å². The minimum Gasteiger partial charge on any atom is -0.324 e. The Kier molecular flexibility index (Phi) is 2.57. The summed E-state index contributed by atoms with van der Waals surface area (Å²) in [6.07, 6.45) is 11.0. The van der Waals surface area contributed by atoms with Crippen LogP contribution in [0.1, 0.15) is 56.9 Å². The van der Waals surface area contributed by atoms with Crippen molar-refractivity contribution in [3.63, 3.8) is 0 Å². The van der Waals surface area contributed by atoms with Gasteiger partial charge in [0.05, 0.1) is 0 Å². The Hall–Kier alpha value is -0.820. The van der Waals surface area contributed by atoms with Crippen LogP contribution < -0.4 is 5.73 Å². The lowest BCUT2D eigenvalue weighted by Crippen LogP contribution is -2.52. The Morgan fingerprint density at radius 1 is 0.842 bits per heavy atom. The molecule has 3 fully saturated rings. The first kappa shape index (κ1) is 12.0. The molecule has 3 aliphatic carbocycles. The molecule has 0 aromatic heterocycles. The van der Waals surface area contributed by atoms with E-state index in [0.717, 1.165) is 11.8 Å². The van der Waals surface area contributed by atoms with Crippen molar-refractivity contribution in [3.05, 3.63) is 35.9 Å². The summed E-state index contributed by atoms with van der Waals surface area (Å²) >= 11 is 0. The minimum absolute atomic E-state index is 0.132. The van der Waals surface area contributed by atoms with Gasteiger partial charge in [-0.2, -0.15) is 0 Å². The lowest BCUT2D eigenvalue weighted by molar-refractivity contribution is 0.197. The smallest absolute Gasteiger partial charge is 0.0316 e. The zero-order valence-electron chi connectivity index (χ0n) is 11.8. The zero-order chi connectivity index (χ0) is 12.9. The topological polar surface area (TPSA) is 26.0 Å². The Bertz CT molecular complexity index is 448. The van der Waals surface area contributed by atoms with Crippen LogP contribution in [0.2, 0.25) is 0 Å². The Balaban J connectivity index is 1.77. The maximum atomic E-state index is 7.04. The highest BCUT2D eigenvalue weighted by Gasteiger charge is 2.72. The summed E-state index contributed by atoms with van der Waals surface area (Å²) in [4.78, 5) is 0. The second kappa shape index (κ2) is 4.09. The van der Waals surface area contributed by atoms with E-state index in [1.54, 1.807) is 0 Å². The molecular formula is C18H25N. The van der Waals surface area contributed by atoms with Crippen LogP contribution in [0.15, 0.2) is 30.3 Å². The van der Waals surface area contributed by atoms with Crippen LogP contribution in [0, 0.1) is 11.8 Å². The molecule has 0 bridgehead atoms. The quantitative estimate of drug-likeness (QED) is 0.848. The van der Waals surface area contributed by atoms with E-state index in [2.05, 4.69) is 30.3 Å². The Labute approximate surface area is 116 Å². The highest BCUT2D eigenvalue weighted by Crippen LogP contribution is 2.69. The Morgan fingerprint density at radius 2 is 1.47 bits per heavy atom. The van der Waals surface area contributed by atoms with Crippen LogP contribution in [-0.4, -0.2) is 5.54 Å². The second-order valence-electron chi connectivity index (χ2n) is 7.09. The normalized spacial score (nSPS) is 39.8. The summed E-state index contributed by atoms with van der Waals surface area (Å²) in [5, 5.41) is 0. The summed E-state index contributed by atoms with van der Waals surface area (Å²) in [7, 11) is 0. The summed E-state index contributed by atoms with van der Waals surface area (Å²) < 4.78 is 0. The maximum absolute atomic E-state index is 7.04. The number of benzene rings is 1. The first-order valence-electron chi connectivity index (χ1n) is 8.13. The van der Waals surface area contributed by atoms with Gasteiger partial charge in [0.25, 0.3) is 0 Å². The standard InChI is InChI=1S/C18H25N/c19-18(15-10-7-11-16(15)18)17(12-5-2-6-13-17)14-8-3-1-4-9-14/h1,3-4,8-9,15-16H,2,5-7,10-13,19H2. The number of hydrogen-bond acceptors (Lipinski definition) is 1. The molecular weight excluding hydrogens is 230 g/mol. The predicted octanol–water partition coefficient (Wildman–Crippen LogP) is 4.02.